The fourth-order valence-electron chi connectivity index (χ4n) is 3.34. The lowest BCUT2D eigenvalue weighted by Gasteiger charge is -2.44. The standard InChI is InChI=1S/C21H23Cl2NO12/c1-9(25)31-8-16-17(32-10(2)26)18(33-11(3)27)19(34-12(4)28)21(36-16)35-15-6-5-13(24(29)30)7-14(15)20(22)23/h5-7,16-21H,8H2,1-4H3/t16-,17-,18+,19-,21+/m1/s1. The number of carbonyl (C=O) groups excluding carboxylic acids is 4. The minimum atomic E-state index is -1.56. The van der Waals surface area contributed by atoms with Gasteiger partial charge in [0, 0.05) is 45.4 Å². The number of rotatable bonds is 9. The lowest BCUT2D eigenvalue weighted by atomic mass is 9.98. The molecule has 0 bridgehead atoms. The Morgan fingerprint density at radius 1 is 0.944 bits per heavy atom. The smallest absolute Gasteiger partial charge is 0.303 e. The van der Waals surface area contributed by atoms with Crippen LogP contribution in [0.3, 0.4) is 0 Å². The van der Waals surface area contributed by atoms with Crippen molar-refractivity contribution < 1.29 is 52.5 Å². The number of nitro groups is 1. The van der Waals surface area contributed by atoms with Crippen LogP contribution in [0.15, 0.2) is 18.2 Å². The zero-order valence-corrected chi connectivity index (χ0v) is 21.0. The molecule has 0 amide bonds. The summed E-state index contributed by atoms with van der Waals surface area (Å²) in [6.45, 7) is 3.90. The molecule has 0 radical (unpaired) electrons. The van der Waals surface area contributed by atoms with E-state index >= 15 is 0 Å². The average Bonchev–Trinajstić information content (AvgIpc) is 2.75. The van der Waals surface area contributed by atoms with Crippen molar-refractivity contribution in [2.45, 2.75) is 63.2 Å². The third-order valence-corrected chi connectivity index (χ3v) is 5.10. The molecular formula is C21H23Cl2NO12. The number of nitro benzene ring substituents is 1. The van der Waals surface area contributed by atoms with Crippen LogP contribution < -0.4 is 4.74 Å². The molecule has 1 aromatic rings. The van der Waals surface area contributed by atoms with E-state index in [1.165, 1.54) is 6.07 Å². The summed E-state index contributed by atoms with van der Waals surface area (Å²) < 4.78 is 32.5. The van der Waals surface area contributed by atoms with E-state index in [1.54, 1.807) is 0 Å². The third-order valence-electron chi connectivity index (χ3n) is 4.63. The molecule has 13 nitrogen and oxygen atoms in total. The molecule has 15 heteroatoms. The Kier molecular flexibility index (Phi) is 10.3. The predicted octanol–water partition coefficient (Wildman–Crippen LogP) is 2.53. The van der Waals surface area contributed by atoms with Gasteiger partial charge in [0.05, 0.1) is 4.92 Å². The van der Waals surface area contributed by atoms with Crippen LogP contribution in [0.2, 0.25) is 0 Å². The quantitative estimate of drug-likeness (QED) is 0.145. The largest absolute Gasteiger partial charge is 0.463 e. The minimum absolute atomic E-state index is 0.0135. The van der Waals surface area contributed by atoms with Gasteiger partial charge in [0.25, 0.3) is 5.69 Å². The van der Waals surface area contributed by atoms with E-state index in [1.807, 2.05) is 0 Å². The second kappa shape index (κ2) is 12.7. The highest BCUT2D eigenvalue weighted by Gasteiger charge is 2.53. The lowest BCUT2D eigenvalue weighted by molar-refractivity contribution is -0.385. The molecule has 2 rings (SSSR count). The van der Waals surface area contributed by atoms with E-state index in [2.05, 4.69) is 0 Å². The van der Waals surface area contributed by atoms with E-state index in [0.717, 1.165) is 39.8 Å². The molecule has 0 saturated carbocycles. The number of nitrogens with zero attached hydrogens (tertiary/aromatic N) is 1. The number of benzene rings is 1. The van der Waals surface area contributed by atoms with Crippen LogP contribution in [0, 0.1) is 10.1 Å². The highest BCUT2D eigenvalue weighted by atomic mass is 35.5. The maximum Gasteiger partial charge on any atom is 0.303 e. The number of carbonyl (C=O) groups is 4. The van der Waals surface area contributed by atoms with Gasteiger partial charge < -0.3 is 28.4 Å². The molecule has 5 atom stereocenters. The van der Waals surface area contributed by atoms with Crippen LogP contribution in [0.25, 0.3) is 0 Å². The summed E-state index contributed by atoms with van der Waals surface area (Å²) in [5.41, 5.74) is -0.342. The molecule has 1 aromatic carbocycles. The summed E-state index contributed by atoms with van der Waals surface area (Å²) in [5, 5.41) is 11.2. The van der Waals surface area contributed by atoms with Crippen molar-refractivity contribution in [1.82, 2.24) is 0 Å². The maximum absolute atomic E-state index is 11.9. The summed E-state index contributed by atoms with van der Waals surface area (Å²) in [6, 6.07) is 3.38. The van der Waals surface area contributed by atoms with E-state index in [0.29, 0.717) is 0 Å². The first-order valence-corrected chi connectivity index (χ1v) is 11.2. The summed E-state index contributed by atoms with van der Waals surface area (Å²) in [4.78, 5) is 56.2. The first-order valence-electron chi connectivity index (χ1n) is 10.3. The van der Waals surface area contributed by atoms with Crippen LogP contribution in [0.5, 0.6) is 5.75 Å². The lowest BCUT2D eigenvalue weighted by Crippen LogP contribution is -2.63. The summed E-state index contributed by atoms with van der Waals surface area (Å²) in [6.07, 6.45) is -7.14. The molecule has 1 fully saturated rings. The van der Waals surface area contributed by atoms with Crippen molar-refractivity contribution in [1.29, 1.82) is 0 Å². The molecule has 1 aliphatic heterocycles. The number of halogens is 2. The topological polar surface area (TPSA) is 167 Å². The Morgan fingerprint density at radius 2 is 1.50 bits per heavy atom. The van der Waals surface area contributed by atoms with E-state index < -0.39 is 70.9 Å². The average molecular weight is 552 g/mol. The highest BCUT2D eigenvalue weighted by Crippen LogP contribution is 2.38. The Bertz CT molecular complexity index is 1020. The Labute approximate surface area is 214 Å². The molecule has 0 unspecified atom stereocenters. The van der Waals surface area contributed by atoms with Gasteiger partial charge >= 0.3 is 23.9 Å². The fourth-order valence-corrected chi connectivity index (χ4v) is 3.68. The summed E-state index contributed by atoms with van der Waals surface area (Å²) in [7, 11) is 0. The Balaban J connectivity index is 2.56. The van der Waals surface area contributed by atoms with Gasteiger partial charge in [-0.05, 0) is 6.07 Å². The second-order valence-corrected chi connectivity index (χ2v) is 8.56. The molecule has 0 aliphatic carbocycles. The number of hydrogen-bond donors (Lipinski definition) is 0. The summed E-state index contributed by atoms with van der Waals surface area (Å²) >= 11 is 11.9. The van der Waals surface area contributed by atoms with Crippen molar-refractivity contribution in [3.63, 3.8) is 0 Å². The molecule has 1 aliphatic rings. The molecule has 0 N–H and O–H groups in total. The van der Waals surface area contributed by atoms with Gasteiger partial charge in [-0.25, -0.2) is 0 Å². The van der Waals surface area contributed by atoms with E-state index in [9.17, 15) is 29.3 Å². The molecular weight excluding hydrogens is 529 g/mol. The zero-order chi connectivity index (χ0) is 27.2. The van der Waals surface area contributed by atoms with Gasteiger partial charge in [0.2, 0.25) is 12.4 Å². The minimum Gasteiger partial charge on any atom is -0.463 e. The molecule has 36 heavy (non-hydrogen) atoms. The molecule has 0 spiro atoms. The van der Waals surface area contributed by atoms with Crippen LogP contribution in [-0.4, -0.2) is 66.1 Å². The van der Waals surface area contributed by atoms with Gasteiger partial charge in [-0.1, -0.05) is 23.2 Å². The monoisotopic (exact) mass is 551 g/mol. The maximum atomic E-state index is 11.9. The first kappa shape index (κ1) is 29.1. The zero-order valence-electron chi connectivity index (χ0n) is 19.5. The number of esters is 4. The third kappa shape index (κ3) is 7.93. The van der Waals surface area contributed by atoms with Crippen molar-refractivity contribution in [2.24, 2.45) is 0 Å². The van der Waals surface area contributed by atoms with Crippen LogP contribution >= 0.6 is 23.2 Å². The van der Waals surface area contributed by atoms with Gasteiger partial charge in [-0.3, -0.25) is 29.3 Å². The van der Waals surface area contributed by atoms with Crippen molar-refractivity contribution in [3.8, 4) is 5.75 Å². The second-order valence-electron chi connectivity index (χ2n) is 7.47. The van der Waals surface area contributed by atoms with Crippen LogP contribution in [0.4, 0.5) is 5.69 Å². The van der Waals surface area contributed by atoms with E-state index in [4.69, 9.17) is 51.6 Å². The molecule has 1 heterocycles. The fraction of sp³-hybridized carbons (Fsp3) is 0.524. The number of hydrogen-bond acceptors (Lipinski definition) is 12. The van der Waals surface area contributed by atoms with Gasteiger partial charge in [0.1, 0.15) is 23.3 Å². The summed E-state index contributed by atoms with van der Waals surface area (Å²) in [5.74, 6) is -3.21. The van der Waals surface area contributed by atoms with Crippen molar-refractivity contribution in [3.05, 3.63) is 33.9 Å². The van der Waals surface area contributed by atoms with Gasteiger partial charge in [0.15, 0.2) is 12.2 Å². The molecule has 1 saturated heterocycles. The SMILES string of the molecule is CC(=O)OC[C@H]1O[C@H](Oc2ccc([N+](=O)[O-])cc2C(Cl)Cl)[C@H](OC(C)=O)[C@@H](OC(C)=O)[C@@H]1OC(C)=O. The van der Waals surface area contributed by atoms with Crippen molar-refractivity contribution >= 4 is 52.8 Å². The number of ether oxygens (including phenoxy) is 6. The molecule has 0 aromatic heterocycles. The predicted molar refractivity (Wildman–Crippen MR) is 120 cm³/mol. The Morgan fingerprint density at radius 3 is 2.00 bits per heavy atom. The molecule has 198 valence electrons. The normalized spacial score (nSPS) is 23.4. The van der Waals surface area contributed by atoms with E-state index in [-0.39, 0.29) is 17.0 Å². The first-order chi connectivity index (χ1) is 16.8. The highest BCUT2D eigenvalue weighted by molar-refractivity contribution is 6.44. The van der Waals surface area contributed by atoms with Crippen LogP contribution in [0.1, 0.15) is 38.1 Å². The number of non-ortho nitro benzene ring substituents is 1. The van der Waals surface area contributed by atoms with Crippen molar-refractivity contribution in [2.75, 3.05) is 6.61 Å². The van der Waals surface area contributed by atoms with Gasteiger partial charge in [-0.2, -0.15) is 0 Å². The number of alkyl halides is 2. The Hall–Kier alpha value is -3.16. The van der Waals surface area contributed by atoms with Gasteiger partial charge in [-0.15, -0.1) is 0 Å². The van der Waals surface area contributed by atoms with Crippen LogP contribution in [-0.2, 0) is 42.9 Å².